The molecule has 0 aliphatic carbocycles. The maximum Gasteiger partial charge on any atom is 0.281 e. The van der Waals surface area contributed by atoms with Crippen molar-refractivity contribution < 1.29 is 23.7 Å². The molecule has 1 aliphatic heterocycles. The van der Waals surface area contributed by atoms with Crippen LogP contribution in [-0.4, -0.2) is 39.5 Å². The maximum atomic E-state index is 12.9. The maximum absolute atomic E-state index is 12.9. The van der Waals surface area contributed by atoms with E-state index in [-0.39, 0.29) is 5.91 Å². The molecule has 0 saturated carbocycles. The highest BCUT2D eigenvalue weighted by molar-refractivity contribution is 7.80. The summed E-state index contributed by atoms with van der Waals surface area (Å²) in [5.41, 5.74) is 1.69. The van der Waals surface area contributed by atoms with Crippen LogP contribution in [0.25, 0.3) is 6.08 Å². The van der Waals surface area contributed by atoms with E-state index in [1.165, 1.54) is 26.2 Å². The van der Waals surface area contributed by atoms with Gasteiger partial charge < -0.3 is 24.3 Å². The van der Waals surface area contributed by atoms with Gasteiger partial charge in [-0.2, -0.15) is 0 Å². The Morgan fingerprint density at radius 3 is 2.04 bits per heavy atom. The molecule has 1 aliphatic rings. The van der Waals surface area contributed by atoms with Crippen molar-refractivity contribution in [2.24, 2.45) is 0 Å². The van der Waals surface area contributed by atoms with Crippen LogP contribution in [0.5, 0.6) is 23.0 Å². The number of methoxy groups -OCH3 is 4. The van der Waals surface area contributed by atoms with Crippen molar-refractivity contribution in [3.8, 4) is 23.0 Å². The lowest BCUT2D eigenvalue weighted by molar-refractivity contribution is -0.113. The summed E-state index contributed by atoms with van der Waals surface area (Å²) in [6.07, 6.45) is 1.68. The van der Waals surface area contributed by atoms with Gasteiger partial charge in [0.25, 0.3) is 5.91 Å². The molecule has 2 aromatic carbocycles. The molecule has 0 spiro atoms. The molecule has 0 atom stereocenters. The molecule has 1 amide bonds. The fourth-order valence-electron chi connectivity index (χ4n) is 2.85. The van der Waals surface area contributed by atoms with Gasteiger partial charge in [-0.15, -0.1) is 0 Å². The van der Waals surface area contributed by atoms with Crippen LogP contribution < -0.4 is 29.2 Å². The highest BCUT2D eigenvalue weighted by Crippen LogP contribution is 2.39. The third-order valence-corrected chi connectivity index (χ3v) is 4.49. The lowest BCUT2D eigenvalue weighted by Gasteiger charge is -2.14. The van der Waals surface area contributed by atoms with Gasteiger partial charge in [0, 0.05) is 0 Å². The molecule has 3 rings (SSSR count). The normalized spacial score (nSPS) is 14.9. The second-order valence-corrected chi connectivity index (χ2v) is 6.17. The molecule has 1 fully saturated rings. The van der Waals surface area contributed by atoms with Gasteiger partial charge in [-0.1, -0.05) is 0 Å². The first-order chi connectivity index (χ1) is 13.5. The molecule has 0 bridgehead atoms. The minimum Gasteiger partial charge on any atom is -0.497 e. The van der Waals surface area contributed by atoms with Crippen molar-refractivity contribution in [1.82, 2.24) is 5.32 Å². The Morgan fingerprint density at radius 2 is 1.54 bits per heavy atom. The third kappa shape index (κ3) is 3.59. The average Bonchev–Trinajstić information content (AvgIpc) is 3.00. The molecule has 0 aromatic heterocycles. The number of hydrogen-bond acceptors (Lipinski definition) is 6. The van der Waals surface area contributed by atoms with Gasteiger partial charge in [-0.3, -0.25) is 9.69 Å². The van der Waals surface area contributed by atoms with Crippen molar-refractivity contribution in [2.45, 2.75) is 0 Å². The number of nitrogens with zero attached hydrogens (tertiary/aromatic N) is 1. The molecule has 0 unspecified atom stereocenters. The quantitative estimate of drug-likeness (QED) is 0.591. The van der Waals surface area contributed by atoms with Gasteiger partial charge in [0.2, 0.25) is 5.75 Å². The van der Waals surface area contributed by atoms with Crippen LogP contribution in [-0.2, 0) is 4.79 Å². The van der Waals surface area contributed by atoms with Crippen LogP contribution >= 0.6 is 12.2 Å². The van der Waals surface area contributed by atoms with Crippen LogP contribution in [0.4, 0.5) is 5.69 Å². The van der Waals surface area contributed by atoms with E-state index in [2.05, 4.69) is 5.32 Å². The number of nitrogens with one attached hydrogen (secondary N) is 1. The van der Waals surface area contributed by atoms with Crippen molar-refractivity contribution in [2.75, 3.05) is 33.3 Å². The summed E-state index contributed by atoms with van der Waals surface area (Å²) in [6, 6.07) is 10.6. The third-order valence-electron chi connectivity index (χ3n) is 4.21. The van der Waals surface area contributed by atoms with Gasteiger partial charge in [-0.25, -0.2) is 0 Å². The summed E-state index contributed by atoms with van der Waals surface area (Å²) in [5, 5.41) is 3.26. The molecule has 28 heavy (non-hydrogen) atoms. The van der Waals surface area contributed by atoms with Gasteiger partial charge in [0.05, 0.1) is 34.1 Å². The highest BCUT2D eigenvalue weighted by atomic mass is 32.1. The smallest absolute Gasteiger partial charge is 0.281 e. The van der Waals surface area contributed by atoms with E-state index in [1.54, 1.807) is 49.6 Å². The van der Waals surface area contributed by atoms with E-state index in [0.29, 0.717) is 45.1 Å². The summed E-state index contributed by atoms with van der Waals surface area (Å²) in [4.78, 5) is 14.3. The summed E-state index contributed by atoms with van der Waals surface area (Å²) in [6.45, 7) is 0. The monoisotopic (exact) mass is 400 g/mol. The topological polar surface area (TPSA) is 69.3 Å². The van der Waals surface area contributed by atoms with Gasteiger partial charge in [0.1, 0.15) is 11.4 Å². The first kappa shape index (κ1) is 19.5. The van der Waals surface area contributed by atoms with E-state index in [4.69, 9.17) is 31.2 Å². The number of benzene rings is 2. The fourth-order valence-corrected chi connectivity index (χ4v) is 3.15. The second kappa shape index (κ2) is 8.18. The predicted molar refractivity (Wildman–Crippen MR) is 110 cm³/mol. The number of ether oxygens (including phenoxy) is 4. The minimum absolute atomic E-state index is 0.260. The number of anilines is 1. The number of amides is 1. The molecule has 1 N–H and O–H groups in total. The van der Waals surface area contributed by atoms with Crippen LogP contribution in [0.2, 0.25) is 0 Å². The standard InChI is InChI=1S/C20H20N2O5S/c1-24-14-7-5-13(6-8-14)22-19(23)15(21-20(22)28)9-12-10-16(25-2)18(27-4)17(11-12)26-3/h5-11H,1-4H3,(H,21,28)/b15-9-. The molecule has 1 saturated heterocycles. The lowest BCUT2D eigenvalue weighted by Crippen LogP contribution is -2.30. The van der Waals surface area contributed by atoms with Crippen LogP contribution in [0.15, 0.2) is 42.1 Å². The van der Waals surface area contributed by atoms with E-state index in [0.717, 1.165) is 0 Å². The van der Waals surface area contributed by atoms with Crippen molar-refractivity contribution >= 4 is 35.0 Å². The largest absolute Gasteiger partial charge is 0.497 e. The molecule has 7 nitrogen and oxygen atoms in total. The summed E-state index contributed by atoms with van der Waals surface area (Å²) in [5.74, 6) is 1.90. The van der Waals surface area contributed by atoms with Crippen molar-refractivity contribution in [3.63, 3.8) is 0 Å². The van der Waals surface area contributed by atoms with Gasteiger partial charge >= 0.3 is 0 Å². The van der Waals surface area contributed by atoms with E-state index in [9.17, 15) is 4.79 Å². The van der Waals surface area contributed by atoms with Gasteiger partial charge in [-0.05, 0) is 60.3 Å². The Bertz CT molecular complexity index is 915. The summed E-state index contributed by atoms with van der Waals surface area (Å²) in [7, 11) is 6.19. The van der Waals surface area contributed by atoms with Crippen molar-refractivity contribution in [1.29, 1.82) is 0 Å². The Morgan fingerprint density at radius 1 is 0.929 bits per heavy atom. The predicted octanol–water partition coefficient (Wildman–Crippen LogP) is 2.98. The highest BCUT2D eigenvalue weighted by Gasteiger charge is 2.32. The Labute approximate surface area is 168 Å². The first-order valence-electron chi connectivity index (χ1n) is 8.33. The first-order valence-corrected chi connectivity index (χ1v) is 8.74. The number of carbonyl (C=O) groups is 1. The van der Waals surface area contributed by atoms with Crippen LogP contribution in [0, 0.1) is 0 Å². The Hall–Kier alpha value is -3.26. The molecular weight excluding hydrogens is 380 g/mol. The van der Waals surface area contributed by atoms with Crippen molar-refractivity contribution in [3.05, 3.63) is 47.7 Å². The van der Waals surface area contributed by atoms with E-state index < -0.39 is 0 Å². The zero-order valence-electron chi connectivity index (χ0n) is 15.9. The summed E-state index contributed by atoms with van der Waals surface area (Å²) >= 11 is 5.34. The number of rotatable bonds is 6. The zero-order valence-corrected chi connectivity index (χ0v) is 16.8. The van der Waals surface area contributed by atoms with Crippen LogP contribution in [0.3, 0.4) is 0 Å². The molecular formula is C20H20N2O5S. The van der Waals surface area contributed by atoms with E-state index >= 15 is 0 Å². The Kier molecular flexibility index (Phi) is 5.70. The number of hydrogen-bond donors (Lipinski definition) is 1. The SMILES string of the molecule is COc1ccc(N2C(=O)/C(=C/c3cc(OC)c(OC)c(OC)c3)NC2=S)cc1. The average molecular weight is 400 g/mol. The van der Waals surface area contributed by atoms with E-state index in [1.807, 2.05) is 0 Å². The molecule has 2 aromatic rings. The molecule has 1 heterocycles. The molecule has 0 radical (unpaired) electrons. The fraction of sp³-hybridized carbons (Fsp3) is 0.200. The van der Waals surface area contributed by atoms with Gasteiger partial charge in [0.15, 0.2) is 16.6 Å². The minimum atomic E-state index is -0.260. The summed E-state index contributed by atoms with van der Waals surface area (Å²) < 4.78 is 21.2. The van der Waals surface area contributed by atoms with Crippen LogP contribution in [0.1, 0.15) is 5.56 Å². The Balaban J connectivity index is 1.95. The second-order valence-electron chi connectivity index (χ2n) is 5.79. The molecule has 146 valence electrons. The number of thiocarbonyl (C=S) groups is 1. The molecule has 8 heteroatoms. The zero-order chi connectivity index (χ0) is 20.3. The lowest BCUT2D eigenvalue weighted by atomic mass is 10.1. The number of carbonyl (C=O) groups excluding carboxylic acids is 1.